The van der Waals surface area contributed by atoms with Crippen LogP contribution in [0, 0.1) is 10.8 Å². The second-order valence-electron chi connectivity index (χ2n) is 12.8. The van der Waals surface area contributed by atoms with Crippen LogP contribution in [0.4, 0.5) is 0 Å². The lowest BCUT2D eigenvalue weighted by atomic mass is 9.70. The molecule has 2 fully saturated rings. The van der Waals surface area contributed by atoms with Crippen LogP contribution >= 0.6 is 0 Å². The third-order valence-electron chi connectivity index (χ3n) is 8.61. The molecule has 0 spiro atoms. The van der Waals surface area contributed by atoms with Crippen molar-refractivity contribution in [1.29, 1.82) is 0 Å². The Bertz CT molecular complexity index is 850. The second-order valence-corrected chi connectivity index (χ2v) is 12.8. The molecule has 0 aromatic heterocycles. The summed E-state index contributed by atoms with van der Waals surface area (Å²) in [5.74, 6) is -0.614. The molecule has 2 saturated carbocycles. The summed E-state index contributed by atoms with van der Waals surface area (Å²) in [6.07, 6.45) is 16.9. The molecule has 0 bridgehead atoms. The minimum Gasteiger partial charge on any atom is -0.462 e. The van der Waals surface area contributed by atoms with Crippen LogP contribution in [0.15, 0.2) is 23.3 Å². The van der Waals surface area contributed by atoms with Gasteiger partial charge >= 0.3 is 11.9 Å². The van der Waals surface area contributed by atoms with E-state index in [1.54, 1.807) is 0 Å². The van der Waals surface area contributed by atoms with Gasteiger partial charge in [0, 0.05) is 24.0 Å². The van der Waals surface area contributed by atoms with E-state index >= 15 is 0 Å². The number of ether oxygens (including phenoxy) is 2. The molecule has 0 aromatic rings. The molecule has 0 heterocycles. The first kappa shape index (κ1) is 30.3. The average Bonchev–Trinajstić information content (AvgIpc) is 2.86. The van der Waals surface area contributed by atoms with Crippen LogP contribution < -0.4 is 0 Å². The molecule has 38 heavy (non-hydrogen) atoms. The van der Waals surface area contributed by atoms with Gasteiger partial charge in [-0.2, -0.15) is 0 Å². The van der Waals surface area contributed by atoms with Gasteiger partial charge in [-0.25, -0.2) is 0 Å². The maximum absolute atomic E-state index is 13.1. The van der Waals surface area contributed by atoms with Gasteiger partial charge in [0.05, 0.1) is 0 Å². The van der Waals surface area contributed by atoms with Crippen molar-refractivity contribution in [2.45, 2.75) is 143 Å². The van der Waals surface area contributed by atoms with Gasteiger partial charge in [-0.15, -0.1) is 0 Å². The van der Waals surface area contributed by atoms with Crippen molar-refractivity contribution in [1.82, 2.24) is 0 Å². The van der Waals surface area contributed by atoms with Gasteiger partial charge in [0.2, 0.25) is 0 Å². The van der Waals surface area contributed by atoms with E-state index in [0.29, 0.717) is 49.7 Å². The Balaban J connectivity index is 1.47. The van der Waals surface area contributed by atoms with Crippen LogP contribution in [0.5, 0.6) is 0 Å². The number of carbonyl (C=O) groups is 4. The van der Waals surface area contributed by atoms with Gasteiger partial charge < -0.3 is 9.47 Å². The third-order valence-corrected chi connectivity index (χ3v) is 8.61. The highest BCUT2D eigenvalue weighted by Gasteiger charge is 2.36. The Morgan fingerprint density at radius 1 is 0.658 bits per heavy atom. The molecule has 0 atom stereocenters. The van der Waals surface area contributed by atoms with Crippen LogP contribution in [0.25, 0.3) is 0 Å². The monoisotopic (exact) mass is 528 g/mol. The molecule has 0 unspecified atom stereocenters. The zero-order valence-corrected chi connectivity index (χ0v) is 24.1. The van der Waals surface area contributed by atoms with Crippen molar-refractivity contribution in [3.8, 4) is 0 Å². The number of hydrogen-bond acceptors (Lipinski definition) is 6. The summed E-state index contributed by atoms with van der Waals surface area (Å²) in [7, 11) is 0. The van der Waals surface area contributed by atoms with Gasteiger partial charge in [-0.05, 0) is 100 Å². The van der Waals surface area contributed by atoms with E-state index in [1.807, 2.05) is 27.7 Å². The molecule has 6 nitrogen and oxygen atoms in total. The highest BCUT2D eigenvalue weighted by Crippen LogP contribution is 2.40. The van der Waals surface area contributed by atoms with Gasteiger partial charge in [-0.1, -0.05) is 40.5 Å². The van der Waals surface area contributed by atoms with Gasteiger partial charge in [0.25, 0.3) is 0 Å². The Hall–Kier alpha value is -2.24. The van der Waals surface area contributed by atoms with Gasteiger partial charge in [0.15, 0.2) is 11.6 Å². The minimum atomic E-state index is -0.521. The van der Waals surface area contributed by atoms with Crippen molar-refractivity contribution in [2.75, 3.05) is 0 Å². The topological polar surface area (TPSA) is 86.7 Å². The van der Waals surface area contributed by atoms with Crippen molar-refractivity contribution < 1.29 is 28.7 Å². The molecule has 0 aliphatic heterocycles. The summed E-state index contributed by atoms with van der Waals surface area (Å²) in [5, 5.41) is 0. The first-order valence-electron chi connectivity index (χ1n) is 14.9. The molecular weight excluding hydrogens is 480 g/mol. The molecule has 3 aliphatic rings. The maximum Gasteiger partial charge on any atom is 0.306 e. The fraction of sp³-hybridized carbons (Fsp3) is 0.750. The molecule has 6 heteroatoms. The Morgan fingerprint density at radius 2 is 1.00 bits per heavy atom. The highest BCUT2D eigenvalue weighted by molar-refractivity contribution is 6.20. The van der Waals surface area contributed by atoms with Crippen molar-refractivity contribution >= 4 is 23.5 Å². The number of esters is 2. The molecule has 0 amide bonds. The summed E-state index contributed by atoms with van der Waals surface area (Å²) in [6, 6.07) is 0. The molecular formula is C32H48O6. The van der Waals surface area contributed by atoms with E-state index in [2.05, 4.69) is 0 Å². The summed E-state index contributed by atoms with van der Waals surface area (Å²) in [4.78, 5) is 50.8. The van der Waals surface area contributed by atoms with Crippen molar-refractivity contribution in [3.05, 3.63) is 23.3 Å². The molecule has 3 rings (SSSR count). The van der Waals surface area contributed by atoms with E-state index in [1.165, 1.54) is 25.0 Å². The molecule has 212 valence electrons. The number of carbonyl (C=O) groups excluding carboxylic acids is 4. The van der Waals surface area contributed by atoms with Crippen LogP contribution in [0.3, 0.4) is 0 Å². The van der Waals surface area contributed by atoms with E-state index in [-0.39, 0.29) is 35.7 Å². The maximum atomic E-state index is 13.1. The SMILES string of the molecule is CC(C)(CCCC(=O)OC1CCCCC1)C1=CC(=O)C(C(C)(C)CCCC(=O)OC2CCCCC2)=CC1=O. The fourth-order valence-corrected chi connectivity index (χ4v) is 6.09. The Labute approximate surface area is 229 Å². The lowest BCUT2D eigenvalue weighted by Crippen LogP contribution is -2.30. The second kappa shape index (κ2) is 13.7. The lowest BCUT2D eigenvalue weighted by Gasteiger charge is -2.32. The van der Waals surface area contributed by atoms with Crippen LogP contribution in [-0.4, -0.2) is 35.7 Å². The largest absolute Gasteiger partial charge is 0.462 e. The van der Waals surface area contributed by atoms with Gasteiger partial charge in [-0.3, -0.25) is 19.2 Å². The summed E-state index contributed by atoms with van der Waals surface area (Å²) < 4.78 is 11.2. The first-order chi connectivity index (χ1) is 18.0. The highest BCUT2D eigenvalue weighted by atomic mass is 16.5. The minimum absolute atomic E-state index is 0.0546. The molecule has 0 N–H and O–H groups in total. The zero-order chi connectivity index (χ0) is 27.8. The molecule has 3 aliphatic carbocycles. The normalized spacial score (nSPS) is 20.1. The first-order valence-corrected chi connectivity index (χ1v) is 14.9. The Kier molecular flexibility index (Phi) is 10.9. The summed E-state index contributed by atoms with van der Waals surface area (Å²) >= 11 is 0. The number of allylic oxidation sites excluding steroid dienone is 4. The number of hydrogen-bond donors (Lipinski definition) is 0. The standard InChI is InChI=1S/C32H48O6/c1-31(2,19-11-17-29(35)37-23-13-7-5-8-14-23)25-21-28(34)26(22-27(25)33)32(3,4)20-12-18-30(36)38-24-15-9-6-10-16-24/h21-24H,5-20H2,1-4H3. The Morgan fingerprint density at radius 3 is 1.34 bits per heavy atom. The van der Waals surface area contributed by atoms with Crippen molar-refractivity contribution in [3.63, 3.8) is 0 Å². The number of ketones is 2. The molecule has 0 saturated heterocycles. The van der Waals surface area contributed by atoms with E-state index in [9.17, 15) is 19.2 Å². The van der Waals surface area contributed by atoms with Crippen molar-refractivity contribution in [2.24, 2.45) is 10.8 Å². The van der Waals surface area contributed by atoms with E-state index in [0.717, 1.165) is 51.4 Å². The third kappa shape index (κ3) is 8.91. The predicted octanol–water partition coefficient (Wildman–Crippen LogP) is 7.14. The van der Waals surface area contributed by atoms with Gasteiger partial charge in [0.1, 0.15) is 12.2 Å². The smallest absolute Gasteiger partial charge is 0.306 e. The quantitative estimate of drug-likeness (QED) is 0.198. The van der Waals surface area contributed by atoms with Crippen LogP contribution in [0.1, 0.15) is 130 Å². The molecule has 0 radical (unpaired) electrons. The zero-order valence-electron chi connectivity index (χ0n) is 24.1. The lowest BCUT2D eigenvalue weighted by molar-refractivity contribution is -0.151. The van der Waals surface area contributed by atoms with Crippen LogP contribution in [0.2, 0.25) is 0 Å². The van der Waals surface area contributed by atoms with Crippen LogP contribution in [-0.2, 0) is 28.7 Å². The number of rotatable bonds is 12. The fourth-order valence-electron chi connectivity index (χ4n) is 6.09. The van der Waals surface area contributed by atoms with E-state index < -0.39 is 10.8 Å². The summed E-state index contributed by atoms with van der Waals surface area (Å²) in [6.45, 7) is 7.83. The predicted molar refractivity (Wildman–Crippen MR) is 147 cm³/mol. The average molecular weight is 529 g/mol. The molecule has 0 aromatic carbocycles. The summed E-state index contributed by atoms with van der Waals surface area (Å²) in [5.41, 5.74) is -0.0441. The van der Waals surface area contributed by atoms with E-state index in [4.69, 9.17) is 9.47 Å².